The Labute approximate surface area is 253 Å². The Morgan fingerprint density at radius 2 is 1.88 bits per heavy atom. The van der Waals surface area contributed by atoms with Gasteiger partial charge in [0.2, 0.25) is 5.91 Å². The van der Waals surface area contributed by atoms with E-state index in [2.05, 4.69) is 16.1 Å². The summed E-state index contributed by atoms with van der Waals surface area (Å²) >= 11 is 0. The van der Waals surface area contributed by atoms with Crippen molar-refractivity contribution in [1.29, 1.82) is 0 Å². The number of amides is 2. The molecule has 1 aromatic heterocycles. The van der Waals surface area contributed by atoms with Crippen molar-refractivity contribution in [3.8, 4) is 0 Å². The van der Waals surface area contributed by atoms with Crippen molar-refractivity contribution in [3.63, 3.8) is 0 Å². The van der Waals surface area contributed by atoms with Crippen LogP contribution in [0.5, 0.6) is 0 Å². The number of hydrogen-bond donors (Lipinski definition) is 3. The van der Waals surface area contributed by atoms with Crippen molar-refractivity contribution in [3.05, 3.63) is 47.7 Å². The lowest BCUT2D eigenvalue weighted by Gasteiger charge is -2.31. The lowest BCUT2D eigenvalue weighted by atomic mass is 9.92. The van der Waals surface area contributed by atoms with E-state index in [4.69, 9.17) is 14.5 Å². The highest BCUT2D eigenvalue weighted by Crippen LogP contribution is 2.25. The molecule has 234 valence electrons. The highest BCUT2D eigenvalue weighted by Gasteiger charge is 2.34. The van der Waals surface area contributed by atoms with Crippen molar-refractivity contribution in [2.45, 2.75) is 71.7 Å². The molecule has 0 saturated carbocycles. The molecule has 0 aliphatic carbocycles. The molecule has 43 heavy (non-hydrogen) atoms. The number of aldehydes is 1. The number of pyridine rings is 1. The van der Waals surface area contributed by atoms with Crippen LogP contribution in [0.3, 0.4) is 0 Å². The number of fused-ring (bicyclic) bond motifs is 1. The first kappa shape index (κ1) is 33.8. The second-order valence-corrected chi connectivity index (χ2v) is 12.0. The molecule has 1 saturated heterocycles. The van der Waals surface area contributed by atoms with Crippen LogP contribution in [0.2, 0.25) is 0 Å². The van der Waals surface area contributed by atoms with E-state index in [0.29, 0.717) is 6.29 Å². The van der Waals surface area contributed by atoms with Gasteiger partial charge in [-0.3, -0.25) is 19.4 Å². The molecule has 1 aliphatic rings. The fourth-order valence-electron chi connectivity index (χ4n) is 4.69. The molecule has 0 spiro atoms. The summed E-state index contributed by atoms with van der Waals surface area (Å²) in [4.78, 5) is 54.7. The minimum Gasteiger partial charge on any atom is -0.451 e. The maximum absolute atomic E-state index is 13.1. The zero-order chi connectivity index (χ0) is 31.7. The molecular weight excluding hydrogens is 550 g/mol. The third kappa shape index (κ3) is 9.41. The Bertz CT molecular complexity index is 1330. The van der Waals surface area contributed by atoms with E-state index in [1.807, 2.05) is 55.4 Å². The van der Waals surface area contributed by atoms with Gasteiger partial charge in [0.15, 0.2) is 6.10 Å². The summed E-state index contributed by atoms with van der Waals surface area (Å²) in [6.07, 6.45) is 4.80. The molecule has 11 nitrogen and oxygen atoms in total. The summed E-state index contributed by atoms with van der Waals surface area (Å²) in [7, 11) is 3.36. The van der Waals surface area contributed by atoms with Gasteiger partial charge in [0.25, 0.3) is 5.91 Å². The standard InChI is InChI=1S/C32H45N5O6/c1-20(2)28(30(40)34-24(18-38)19-42-7)43-31(41)32(4,5)15-14-22-10-11-23-12-13-25(35-27(23)17-22)21(3)33-29(39)26-9-8-16-37(6)36-26/h10-15,17-18,20-21,24,26,28,36H,8-9,16,19H2,1-7H3,(H,33,39)(H,34,40)/b15-14+/t21-,24?,26?,28?/m1/s1. The smallest absolute Gasteiger partial charge is 0.316 e. The topological polar surface area (TPSA) is 139 Å². The zero-order valence-electron chi connectivity index (χ0n) is 26.2. The summed E-state index contributed by atoms with van der Waals surface area (Å²) in [6.45, 7) is 9.80. The monoisotopic (exact) mass is 595 g/mol. The van der Waals surface area contributed by atoms with Gasteiger partial charge in [0, 0.05) is 26.1 Å². The normalized spacial score (nSPS) is 18.3. The second-order valence-electron chi connectivity index (χ2n) is 12.0. The van der Waals surface area contributed by atoms with Crippen LogP contribution in [-0.2, 0) is 28.7 Å². The number of methoxy groups -OCH3 is 1. The van der Waals surface area contributed by atoms with Crippen LogP contribution in [0.15, 0.2) is 36.4 Å². The first-order chi connectivity index (χ1) is 20.3. The third-order valence-corrected chi connectivity index (χ3v) is 7.37. The number of ether oxygens (including phenoxy) is 2. The van der Waals surface area contributed by atoms with Crippen LogP contribution < -0.4 is 16.1 Å². The Hall–Kier alpha value is -3.67. The number of benzene rings is 1. The average Bonchev–Trinajstić information content (AvgIpc) is 2.97. The van der Waals surface area contributed by atoms with Gasteiger partial charge in [-0.2, -0.15) is 0 Å². The Morgan fingerprint density at radius 3 is 2.53 bits per heavy atom. The Balaban J connectivity index is 1.69. The molecule has 0 bridgehead atoms. The lowest BCUT2D eigenvalue weighted by molar-refractivity contribution is -0.165. The lowest BCUT2D eigenvalue weighted by Crippen LogP contribution is -2.54. The van der Waals surface area contributed by atoms with Gasteiger partial charge >= 0.3 is 5.97 Å². The number of hydrogen-bond acceptors (Lipinski definition) is 9. The fourth-order valence-corrected chi connectivity index (χ4v) is 4.69. The maximum Gasteiger partial charge on any atom is 0.316 e. The first-order valence-corrected chi connectivity index (χ1v) is 14.7. The number of nitrogens with zero attached hydrogens (tertiary/aromatic N) is 2. The summed E-state index contributed by atoms with van der Waals surface area (Å²) in [6, 6.07) is 8.31. The number of hydrazine groups is 1. The predicted molar refractivity (Wildman–Crippen MR) is 164 cm³/mol. The van der Waals surface area contributed by atoms with Crippen LogP contribution in [0.1, 0.15) is 64.8 Å². The number of aromatic nitrogens is 1. The highest BCUT2D eigenvalue weighted by atomic mass is 16.5. The van der Waals surface area contributed by atoms with E-state index >= 15 is 0 Å². The molecule has 1 aromatic carbocycles. The third-order valence-electron chi connectivity index (χ3n) is 7.37. The van der Waals surface area contributed by atoms with Crippen molar-refractivity contribution >= 4 is 41.0 Å². The van der Waals surface area contributed by atoms with Gasteiger partial charge in [-0.15, -0.1) is 0 Å². The van der Waals surface area contributed by atoms with E-state index in [-0.39, 0.29) is 30.5 Å². The largest absolute Gasteiger partial charge is 0.451 e. The molecular formula is C32H45N5O6. The molecule has 11 heteroatoms. The number of carbonyl (C=O) groups excluding carboxylic acids is 4. The van der Waals surface area contributed by atoms with E-state index in [9.17, 15) is 19.2 Å². The molecule has 2 amide bonds. The second kappa shape index (κ2) is 15.2. The SMILES string of the molecule is COCC(C=O)NC(=O)C(OC(=O)C(C)(C)/C=C/c1ccc2ccc([C@@H](C)NC(=O)C3CCCN(C)N3)nc2c1)C(C)C. The van der Waals surface area contributed by atoms with Crippen molar-refractivity contribution in [1.82, 2.24) is 26.1 Å². The van der Waals surface area contributed by atoms with Crippen LogP contribution in [0.4, 0.5) is 0 Å². The Morgan fingerprint density at radius 1 is 1.16 bits per heavy atom. The zero-order valence-corrected chi connectivity index (χ0v) is 26.2. The quantitative estimate of drug-likeness (QED) is 0.236. The number of carbonyl (C=O) groups is 4. The summed E-state index contributed by atoms with van der Waals surface area (Å²) in [5.41, 5.74) is 4.49. The van der Waals surface area contributed by atoms with E-state index in [1.54, 1.807) is 33.8 Å². The predicted octanol–water partition coefficient (Wildman–Crippen LogP) is 2.95. The summed E-state index contributed by atoms with van der Waals surface area (Å²) in [5, 5.41) is 8.51. The van der Waals surface area contributed by atoms with Crippen LogP contribution in [0, 0.1) is 11.3 Å². The van der Waals surface area contributed by atoms with Gasteiger partial charge < -0.3 is 24.9 Å². The summed E-state index contributed by atoms with van der Waals surface area (Å²) in [5.74, 6) is -1.49. The van der Waals surface area contributed by atoms with E-state index in [1.165, 1.54) is 7.11 Å². The molecule has 3 N–H and O–H groups in total. The number of rotatable bonds is 13. The number of nitrogens with one attached hydrogen (secondary N) is 3. The van der Waals surface area contributed by atoms with Gasteiger partial charge in [0.1, 0.15) is 18.4 Å². The summed E-state index contributed by atoms with van der Waals surface area (Å²) < 4.78 is 10.6. The van der Waals surface area contributed by atoms with Gasteiger partial charge in [-0.25, -0.2) is 10.4 Å². The van der Waals surface area contributed by atoms with Gasteiger partial charge in [-0.1, -0.05) is 44.2 Å². The maximum atomic E-state index is 13.1. The number of esters is 1. The van der Waals surface area contributed by atoms with E-state index < -0.39 is 29.4 Å². The fraction of sp³-hybridized carbons (Fsp3) is 0.531. The van der Waals surface area contributed by atoms with Gasteiger partial charge in [-0.05, 0) is 57.2 Å². The molecule has 2 heterocycles. The van der Waals surface area contributed by atoms with Crippen molar-refractivity contribution < 1.29 is 28.7 Å². The molecule has 1 fully saturated rings. The molecule has 2 aromatic rings. The Kier molecular flexibility index (Phi) is 11.9. The van der Waals surface area contributed by atoms with Crippen LogP contribution in [0.25, 0.3) is 17.0 Å². The van der Waals surface area contributed by atoms with Crippen molar-refractivity contribution in [2.24, 2.45) is 11.3 Å². The average molecular weight is 596 g/mol. The minimum atomic E-state index is -1.07. The van der Waals surface area contributed by atoms with E-state index in [0.717, 1.165) is 41.5 Å². The highest BCUT2D eigenvalue weighted by molar-refractivity contribution is 5.88. The van der Waals surface area contributed by atoms with Gasteiger partial charge in [0.05, 0.1) is 29.3 Å². The molecule has 3 unspecified atom stereocenters. The first-order valence-electron chi connectivity index (χ1n) is 14.7. The van der Waals surface area contributed by atoms with Crippen LogP contribution in [-0.4, -0.2) is 79.6 Å². The molecule has 1 aliphatic heterocycles. The molecule has 4 atom stereocenters. The minimum absolute atomic E-state index is 0.0215. The van der Waals surface area contributed by atoms with Crippen molar-refractivity contribution in [2.75, 3.05) is 27.3 Å². The van der Waals surface area contributed by atoms with Crippen LogP contribution >= 0.6 is 0 Å². The molecule has 3 rings (SSSR count). The molecule has 0 radical (unpaired) electrons.